The predicted molar refractivity (Wildman–Crippen MR) is 70.7 cm³/mol. The number of hydrogen-bond donors (Lipinski definition) is 0. The second kappa shape index (κ2) is 10.3. The molecule has 2 amide bonds. The molecular formula is C14H27NO2. The van der Waals surface area contributed by atoms with Crippen molar-refractivity contribution in [2.45, 2.75) is 72.1 Å². The highest BCUT2D eigenvalue weighted by Crippen LogP contribution is 2.09. The lowest BCUT2D eigenvalue weighted by Gasteiger charge is -2.16. The molecular weight excluding hydrogens is 214 g/mol. The molecule has 0 heterocycles. The van der Waals surface area contributed by atoms with Gasteiger partial charge in [-0.2, -0.15) is 0 Å². The highest BCUT2D eigenvalue weighted by Gasteiger charge is 2.11. The monoisotopic (exact) mass is 241 g/mol. The minimum atomic E-state index is -0.138. The van der Waals surface area contributed by atoms with Crippen LogP contribution in [0.1, 0.15) is 72.1 Å². The largest absolute Gasteiger partial charge is 0.283 e. The summed E-state index contributed by atoms with van der Waals surface area (Å²) in [6.07, 6.45) is 9.82. The molecule has 0 radical (unpaired) electrons. The Morgan fingerprint density at radius 1 is 0.765 bits per heavy atom. The third-order valence-corrected chi connectivity index (χ3v) is 3.00. The molecule has 0 spiro atoms. The zero-order valence-electron chi connectivity index (χ0n) is 11.6. The van der Waals surface area contributed by atoms with E-state index in [1.54, 1.807) is 0 Å². The van der Waals surface area contributed by atoms with Crippen molar-refractivity contribution in [3.05, 3.63) is 0 Å². The van der Waals surface area contributed by atoms with Gasteiger partial charge in [-0.15, -0.1) is 0 Å². The third kappa shape index (κ3) is 8.90. The molecule has 0 rings (SSSR count). The highest BCUT2D eigenvalue weighted by atomic mass is 16.2. The molecule has 0 aliphatic carbocycles. The Kier molecular flexibility index (Phi) is 9.78. The maximum Gasteiger partial charge on any atom is 0.226 e. The topological polar surface area (TPSA) is 37.4 Å². The van der Waals surface area contributed by atoms with E-state index in [1.165, 1.54) is 57.3 Å². The Bertz CT molecular complexity index is 212. The first-order chi connectivity index (χ1) is 8.09. The summed E-state index contributed by atoms with van der Waals surface area (Å²) in [5.74, 6) is -0.277. The first-order valence-electron chi connectivity index (χ1n) is 6.88. The van der Waals surface area contributed by atoms with Crippen LogP contribution in [0.15, 0.2) is 0 Å². The molecule has 0 N–H and O–H groups in total. The predicted octanol–water partition coefficient (Wildman–Crippen LogP) is 3.52. The molecule has 0 atom stereocenters. The standard InChI is InChI=1S/C14H27NO2/c1-4-5-6-7-8-9-10-11-12-15(13(2)16)14(3)17/h4-12H2,1-3H3. The number of imide groups is 1. The van der Waals surface area contributed by atoms with Crippen molar-refractivity contribution in [2.24, 2.45) is 0 Å². The van der Waals surface area contributed by atoms with Crippen molar-refractivity contribution in [3.63, 3.8) is 0 Å². The zero-order chi connectivity index (χ0) is 13.1. The smallest absolute Gasteiger partial charge is 0.226 e. The third-order valence-electron chi connectivity index (χ3n) is 3.00. The van der Waals surface area contributed by atoms with Gasteiger partial charge in [0.1, 0.15) is 0 Å². The lowest BCUT2D eigenvalue weighted by Crippen LogP contribution is -2.34. The van der Waals surface area contributed by atoms with Crippen LogP contribution >= 0.6 is 0 Å². The van der Waals surface area contributed by atoms with Gasteiger partial charge in [0.25, 0.3) is 0 Å². The van der Waals surface area contributed by atoms with Crippen molar-refractivity contribution in [2.75, 3.05) is 6.54 Å². The molecule has 0 saturated carbocycles. The van der Waals surface area contributed by atoms with Crippen LogP contribution in [-0.4, -0.2) is 23.3 Å². The minimum Gasteiger partial charge on any atom is -0.283 e. The Morgan fingerprint density at radius 3 is 1.59 bits per heavy atom. The van der Waals surface area contributed by atoms with E-state index in [-0.39, 0.29) is 11.8 Å². The van der Waals surface area contributed by atoms with Crippen LogP contribution in [0.5, 0.6) is 0 Å². The van der Waals surface area contributed by atoms with Crippen molar-refractivity contribution in [1.29, 1.82) is 0 Å². The maximum atomic E-state index is 11.1. The Labute approximate surface area is 106 Å². The van der Waals surface area contributed by atoms with Crippen LogP contribution in [0.4, 0.5) is 0 Å². The van der Waals surface area contributed by atoms with Gasteiger partial charge in [-0.1, -0.05) is 51.9 Å². The average Bonchev–Trinajstić information content (AvgIpc) is 2.26. The molecule has 3 heteroatoms. The van der Waals surface area contributed by atoms with Crippen LogP contribution in [0.2, 0.25) is 0 Å². The van der Waals surface area contributed by atoms with E-state index in [2.05, 4.69) is 6.92 Å². The normalized spacial score (nSPS) is 10.3. The van der Waals surface area contributed by atoms with E-state index in [0.29, 0.717) is 6.54 Å². The van der Waals surface area contributed by atoms with Crippen molar-refractivity contribution in [1.82, 2.24) is 4.90 Å². The summed E-state index contributed by atoms with van der Waals surface area (Å²) in [4.78, 5) is 23.6. The fraction of sp³-hybridized carbons (Fsp3) is 0.857. The second-order valence-corrected chi connectivity index (χ2v) is 4.66. The summed E-state index contributed by atoms with van der Waals surface area (Å²) in [6, 6.07) is 0. The first-order valence-corrected chi connectivity index (χ1v) is 6.88. The number of nitrogens with zero attached hydrogens (tertiary/aromatic N) is 1. The fourth-order valence-corrected chi connectivity index (χ4v) is 1.94. The van der Waals surface area contributed by atoms with E-state index in [1.807, 2.05) is 0 Å². The van der Waals surface area contributed by atoms with Gasteiger partial charge in [-0.05, 0) is 6.42 Å². The minimum absolute atomic E-state index is 0.138. The van der Waals surface area contributed by atoms with Crippen molar-refractivity contribution < 1.29 is 9.59 Å². The molecule has 0 aliphatic rings. The maximum absolute atomic E-state index is 11.1. The Morgan fingerprint density at radius 2 is 1.18 bits per heavy atom. The second-order valence-electron chi connectivity index (χ2n) is 4.66. The molecule has 0 aliphatic heterocycles. The molecule has 0 aromatic heterocycles. The molecule has 0 saturated heterocycles. The van der Waals surface area contributed by atoms with Crippen LogP contribution < -0.4 is 0 Å². The van der Waals surface area contributed by atoms with E-state index >= 15 is 0 Å². The summed E-state index contributed by atoms with van der Waals surface area (Å²) in [5.41, 5.74) is 0. The summed E-state index contributed by atoms with van der Waals surface area (Å²) < 4.78 is 0. The lowest BCUT2D eigenvalue weighted by molar-refractivity contribution is -0.142. The number of unbranched alkanes of at least 4 members (excludes halogenated alkanes) is 7. The molecule has 0 aromatic rings. The molecule has 0 unspecified atom stereocenters. The summed E-state index contributed by atoms with van der Waals surface area (Å²) in [7, 11) is 0. The summed E-state index contributed by atoms with van der Waals surface area (Å²) in [6.45, 7) is 5.70. The SMILES string of the molecule is CCCCCCCCCCN(C(C)=O)C(C)=O. The average molecular weight is 241 g/mol. The number of hydrogen-bond acceptors (Lipinski definition) is 2. The highest BCUT2D eigenvalue weighted by molar-refractivity contribution is 5.92. The molecule has 0 fully saturated rings. The number of carbonyl (C=O) groups excluding carboxylic acids is 2. The number of amides is 2. The Balaban J connectivity index is 3.43. The molecule has 0 aromatic carbocycles. The molecule has 100 valence electrons. The first kappa shape index (κ1) is 16.1. The van der Waals surface area contributed by atoms with Gasteiger partial charge < -0.3 is 0 Å². The summed E-state index contributed by atoms with van der Waals surface area (Å²) >= 11 is 0. The van der Waals surface area contributed by atoms with Crippen LogP contribution in [-0.2, 0) is 9.59 Å². The fourth-order valence-electron chi connectivity index (χ4n) is 1.94. The van der Waals surface area contributed by atoms with E-state index in [4.69, 9.17) is 0 Å². The van der Waals surface area contributed by atoms with E-state index in [9.17, 15) is 9.59 Å². The zero-order valence-corrected chi connectivity index (χ0v) is 11.6. The molecule has 3 nitrogen and oxygen atoms in total. The van der Waals surface area contributed by atoms with Gasteiger partial charge in [-0.25, -0.2) is 0 Å². The van der Waals surface area contributed by atoms with E-state index < -0.39 is 0 Å². The Hall–Kier alpha value is -0.860. The molecule has 0 bridgehead atoms. The van der Waals surface area contributed by atoms with Gasteiger partial charge in [0.15, 0.2) is 0 Å². The van der Waals surface area contributed by atoms with Crippen LogP contribution in [0.3, 0.4) is 0 Å². The van der Waals surface area contributed by atoms with Crippen LogP contribution in [0, 0.1) is 0 Å². The van der Waals surface area contributed by atoms with Crippen molar-refractivity contribution in [3.8, 4) is 0 Å². The van der Waals surface area contributed by atoms with Gasteiger partial charge in [0.05, 0.1) is 0 Å². The van der Waals surface area contributed by atoms with Gasteiger partial charge in [0, 0.05) is 20.4 Å². The lowest BCUT2D eigenvalue weighted by atomic mass is 10.1. The van der Waals surface area contributed by atoms with Gasteiger partial charge >= 0.3 is 0 Å². The number of rotatable bonds is 9. The molecule has 17 heavy (non-hydrogen) atoms. The van der Waals surface area contributed by atoms with Crippen LogP contribution in [0.25, 0.3) is 0 Å². The quantitative estimate of drug-likeness (QED) is 0.579. The summed E-state index contributed by atoms with van der Waals surface area (Å²) in [5, 5.41) is 0. The van der Waals surface area contributed by atoms with Gasteiger partial charge in [0.2, 0.25) is 11.8 Å². The van der Waals surface area contributed by atoms with E-state index in [0.717, 1.165) is 12.8 Å². The van der Waals surface area contributed by atoms with Gasteiger partial charge in [-0.3, -0.25) is 14.5 Å². The number of carbonyl (C=O) groups is 2. The van der Waals surface area contributed by atoms with Crippen molar-refractivity contribution >= 4 is 11.8 Å².